The van der Waals surface area contributed by atoms with E-state index in [-0.39, 0.29) is 33.7 Å². The Labute approximate surface area is 157 Å². The third-order valence-corrected chi connectivity index (χ3v) is 4.26. The van der Waals surface area contributed by atoms with Gasteiger partial charge in [-0.1, -0.05) is 16.8 Å². The molecule has 0 saturated heterocycles. The van der Waals surface area contributed by atoms with Gasteiger partial charge in [0.25, 0.3) is 0 Å². The zero-order chi connectivity index (χ0) is 20.2. The van der Waals surface area contributed by atoms with Crippen LogP contribution in [0.2, 0.25) is 5.02 Å². The lowest BCUT2D eigenvalue weighted by molar-refractivity contribution is -0.0429. The van der Waals surface area contributed by atoms with E-state index in [4.69, 9.17) is 16.3 Å². The first-order valence-electron chi connectivity index (χ1n) is 7.00. The van der Waals surface area contributed by atoms with Gasteiger partial charge in [-0.25, -0.2) is 9.97 Å². The highest BCUT2D eigenvalue weighted by molar-refractivity contribution is 7.93. The molecule has 146 valence electrons. The average molecular weight is 425 g/mol. The molecule has 0 atom stereocenters. The third kappa shape index (κ3) is 5.20. The van der Waals surface area contributed by atoms with Gasteiger partial charge in [0.15, 0.2) is 0 Å². The Morgan fingerprint density at radius 2 is 1.89 bits per heavy atom. The van der Waals surface area contributed by atoms with E-state index in [0.717, 1.165) is 6.07 Å². The summed E-state index contributed by atoms with van der Waals surface area (Å²) in [5.41, 5.74) is -5.76. The van der Waals surface area contributed by atoms with Crippen LogP contribution in [0.15, 0.2) is 35.7 Å². The summed E-state index contributed by atoms with van der Waals surface area (Å²) in [6, 6.07) is 3.49. The minimum atomic E-state index is -5.62. The number of oxime groups is 1. The molecule has 8 nitrogen and oxygen atoms in total. The van der Waals surface area contributed by atoms with E-state index in [2.05, 4.69) is 20.0 Å². The average Bonchev–Trinajstić information content (AvgIpc) is 2.57. The van der Waals surface area contributed by atoms with Crippen LogP contribution in [0, 0.1) is 0 Å². The van der Waals surface area contributed by atoms with Crippen molar-refractivity contribution in [3.05, 3.63) is 41.2 Å². The number of alkyl halides is 3. The fourth-order valence-corrected chi connectivity index (χ4v) is 2.50. The van der Waals surface area contributed by atoms with Gasteiger partial charge in [0.2, 0.25) is 0 Å². The normalized spacial score (nSPS) is 12.6. The molecule has 2 aromatic rings. The number of aromatic nitrogens is 2. The van der Waals surface area contributed by atoms with Crippen molar-refractivity contribution in [3.63, 3.8) is 0 Å². The fraction of sp³-hybridized carbons (Fsp3) is 0.214. The lowest BCUT2D eigenvalue weighted by Gasteiger charge is -2.15. The molecule has 0 aliphatic rings. The quantitative estimate of drug-likeness (QED) is 0.562. The maximum absolute atomic E-state index is 12.6. The van der Waals surface area contributed by atoms with Crippen LogP contribution in [0.5, 0.6) is 11.8 Å². The molecule has 0 amide bonds. The van der Waals surface area contributed by atoms with Crippen LogP contribution in [0.3, 0.4) is 0 Å². The van der Waals surface area contributed by atoms with Crippen LogP contribution in [-0.2, 0) is 14.9 Å². The predicted octanol–water partition coefficient (Wildman–Crippen LogP) is 3.55. The van der Waals surface area contributed by atoms with Gasteiger partial charge in [0, 0.05) is 5.56 Å². The maximum atomic E-state index is 12.6. The van der Waals surface area contributed by atoms with Gasteiger partial charge in [-0.2, -0.15) is 21.6 Å². The molecule has 1 heterocycles. The number of nitrogens with zero attached hydrogens (tertiary/aromatic N) is 3. The summed E-state index contributed by atoms with van der Waals surface area (Å²) in [6.07, 6.45) is 2.57. The van der Waals surface area contributed by atoms with Crippen molar-refractivity contribution >= 4 is 33.0 Å². The number of nitrogens with one attached hydrogen (secondary N) is 1. The number of hydrogen-bond acceptors (Lipinski definition) is 7. The van der Waals surface area contributed by atoms with Crippen LogP contribution in [0.4, 0.5) is 18.9 Å². The van der Waals surface area contributed by atoms with Gasteiger partial charge in [-0.05, 0) is 25.1 Å². The smallest absolute Gasteiger partial charge is 0.424 e. The van der Waals surface area contributed by atoms with E-state index < -0.39 is 15.5 Å². The van der Waals surface area contributed by atoms with Crippen LogP contribution in [0.1, 0.15) is 12.5 Å². The molecule has 27 heavy (non-hydrogen) atoms. The Morgan fingerprint density at radius 3 is 2.44 bits per heavy atom. The molecule has 0 fully saturated rings. The third-order valence-electron chi connectivity index (χ3n) is 2.96. The minimum absolute atomic E-state index is 0.00358. The summed E-state index contributed by atoms with van der Waals surface area (Å²) in [4.78, 5) is 12.2. The maximum Gasteiger partial charge on any atom is 0.516 e. The van der Waals surface area contributed by atoms with E-state index >= 15 is 0 Å². The van der Waals surface area contributed by atoms with E-state index in [1.165, 1.54) is 43.3 Å². The van der Waals surface area contributed by atoms with Crippen molar-refractivity contribution < 1.29 is 31.2 Å². The van der Waals surface area contributed by atoms with Gasteiger partial charge in [0.1, 0.15) is 12.9 Å². The monoisotopic (exact) mass is 424 g/mol. The molecule has 0 radical (unpaired) electrons. The molecule has 1 aromatic carbocycles. The minimum Gasteiger partial charge on any atom is -0.424 e. The van der Waals surface area contributed by atoms with Crippen LogP contribution in [0.25, 0.3) is 0 Å². The highest BCUT2D eigenvalue weighted by atomic mass is 35.5. The summed E-state index contributed by atoms with van der Waals surface area (Å²) in [7, 11) is -4.40. The molecule has 2 rings (SSSR count). The molecular formula is C14H12ClF3N4O4S. The number of rotatable bonds is 6. The van der Waals surface area contributed by atoms with Gasteiger partial charge in [-0.3, -0.25) is 4.72 Å². The predicted molar refractivity (Wildman–Crippen MR) is 91.4 cm³/mol. The van der Waals surface area contributed by atoms with Crippen LogP contribution in [-0.4, -0.2) is 36.7 Å². The number of halogens is 4. The fourth-order valence-electron chi connectivity index (χ4n) is 1.82. The second kappa shape index (κ2) is 7.96. The van der Waals surface area contributed by atoms with Gasteiger partial charge in [0.05, 0.1) is 28.8 Å². The molecule has 0 spiro atoms. The van der Waals surface area contributed by atoms with Crippen molar-refractivity contribution in [2.45, 2.75) is 12.4 Å². The summed E-state index contributed by atoms with van der Waals surface area (Å²) >= 11 is 5.67. The largest absolute Gasteiger partial charge is 0.516 e. The van der Waals surface area contributed by atoms with Crippen LogP contribution < -0.4 is 9.46 Å². The second-order valence-electron chi connectivity index (χ2n) is 4.90. The Morgan fingerprint density at radius 1 is 1.26 bits per heavy atom. The topological polar surface area (TPSA) is 103 Å². The number of sulfonamides is 1. The number of hydrogen-bond donors (Lipinski definition) is 1. The van der Waals surface area contributed by atoms with Crippen molar-refractivity contribution in [2.75, 3.05) is 11.8 Å². The molecule has 1 N–H and O–H groups in total. The van der Waals surface area contributed by atoms with Crippen molar-refractivity contribution in [3.8, 4) is 11.8 Å². The lowest BCUT2D eigenvalue weighted by atomic mass is 10.1. The lowest BCUT2D eigenvalue weighted by Crippen LogP contribution is -2.30. The summed E-state index contributed by atoms with van der Waals surface area (Å²) in [6.45, 7) is 1.41. The van der Waals surface area contributed by atoms with Gasteiger partial charge >= 0.3 is 21.5 Å². The van der Waals surface area contributed by atoms with E-state index in [1.807, 2.05) is 0 Å². The molecule has 1 aromatic heterocycles. The van der Waals surface area contributed by atoms with Crippen LogP contribution >= 0.6 is 11.6 Å². The molecule has 0 unspecified atom stereocenters. The van der Waals surface area contributed by atoms with E-state index in [9.17, 15) is 21.6 Å². The SMILES string of the molecule is CON=C(C)c1cc(Oc2ncc(Cl)cn2)ccc1NS(=O)(=O)C(F)(F)F. The molecule has 0 bridgehead atoms. The Kier molecular flexibility index (Phi) is 6.11. The Bertz CT molecular complexity index is 950. The first-order chi connectivity index (χ1) is 12.5. The zero-order valence-electron chi connectivity index (χ0n) is 13.8. The van der Waals surface area contributed by atoms with E-state index in [0.29, 0.717) is 0 Å². The summed E-state index contributed by atoms with van der Waals surface area (Å²) in [5, 5.41) is 3.88. The van der Waals surface area contributed by atoms with Gasteiger partial charge in [-0.15, -0.1) is 0 Å². The molecular weight excluding hydrogens is 413 g/mol. The van der Waals surface area contributed by atoms with Crippen molar-refractivity contribution in [1.82, 2.24) is 9.97 Å². The molecule has 0 aliphatic heterocycles. The zero-order valence-corrected chi connectivity index (χ0v) is 15.4. The number of ether oxygens (including phenoxy) is 1. The van der Waals surface area contributed by atoms with Crippen molar-refractivity contribution in [2.24, 2.45) is 5.16 Å². The highest BCUT2D eigenvalue weighted by Gasteiger charge is 2.46. The highest BCUT2D eigenvalue weighted by Crippen LogP contribution is 2.30. The molecule has 0 saturated carbocycles. The standard InChI is InChI=1S/C14H12ClF3N4O4S/c1-8(21-25-2)11-5-10(26-13-19-6-9(15)7-20-13)3-4-12(11)22-27(23,24)14(16,17)18/h3-7,22H,1-2H3. The van der Waals surface area contributed by atoms with E-state index in [1.54, 1.807) is 0 Å². The molecule has 0 aliphatic carbocycles. The first-order valence-corrected chi connectivity index (χ1v) is 8.86. The summed E-state index contributed by atoms with van der Waals surface area (Å²) in [5.74, 6) is 0.118. The number of anilines is 1. The first kappa shape index (κ1) is 20.7. The number of benzene rings is 1. The van der Waals surface area contributed by atoms with Crippen molar-refractivity contribution in [1.29, 1.82) is 0 Å². The van der Waals surface area contributed by atoms with Gasteiger partial charge < -0.3 is 9.57 Å². The second-order valence-corrected chi connectivity index (χ2v) is 7.01. The Balaban J connectivity index is 2.43. The summed E-state index contributed by atoms with van der Waals surface area (Å²) < 4.78 is 67.6. The molecule has 13 heteroatoms. The Hall–Kier alpha value is -2.60.